The Bertz CT molecular complexity index is 847. The monoisotopic (exact) mass is 356 g/mol. The van der Waals surface area contributed by atoms with E-state index in [-0.39, 0.29) is 12.8 Å². The van der Waals surface area contributed by atoms with Crippen LogP contribution in [-0.4, -0.2) is 42.3 Å². The van der Waals surface area contributed by atoms with E-state index in [1.807, 2.05) is 42.5 Å². The van der Waals surface area contributed by atoms with Gasteiger partial charge in [-0.3, -0.25) is 19.2 Å². The summed E-state index contributed by atoms with van der Waals surface area (Å²) in [4.78, 5) is 46.1. The summed E-state index contributed by atoms with van der Waals surface area (Å²) in [6.45, 7) is -0.466. The lowest BCUT2D eigenvalue weighted by atomic mass is 9.94. The van der Waals surface area contributed by atoms with E-state index in [0.717, 1.165) is 16.3 Å². The molecule has 0 aliphatic heterocycles. The molecule has 1 unspecified atom stereocenters. The molecular weight excluding hydrogens is 336 g/mol. The van der Waals surface area contributed by atoms with Gasteiger partial charge in [-0.05, 0) is 22.8 Å². The van der Waals surface area contributed by atoms with Crippen molar-refractivity contribution in [2.45, 2.75) is 12.8 Å². The molecule has 0 aliphatic rings. The Morgan fingerprint density at radius 2 is 1.73 bits per heavy atom. The number of nitrogens with one attached hydrogen (secondary N) is 2. The van der Waals surface area contributed by atoms with E-state index in [1.165, 1.54) is 7.05 Å². The quantitative estimate of drug-likeness (QED) is 0.609. The van der Waals surface area contributed by atoms with Gasteiger partial charge in [0.2, 0.25) is 11.7 Å². The first kappa shape index (κ1) is 19.1. The highest BCUT2D eigenvalue weighted by atomic mass is 16.4. The zero-order valence-electron chi connectivity index (χ0n) is 14.3. The van der Waals surface area contributed by atoms with Crippen LogP contribution >= 0.6 is 0 Å². The number of aliphatic carboxylic acids is 1. The average molecular weight is 356 g/mol. The van der Waals surface area contributed by atoms with Crippen molar-refractivity contribution in [2.75, 3.05) is 13.6 Å². The van der Waals surface area contributed by atoms with Crippen LogP contribution in [0.15, 0.2) is 42.5 Å². The number of fused-ring (bicyclic) bond motifs is 1. The summed E-state index contributed by atoms with van der Waals surface area (Å²) in [7, 11) is 1.31. The Kier molecular flexibility index (Phi) is 6.43. The van der Waals surface area contributed by atoms with Crippen LogP contribution in [0, 0.1) is 5.92 Å². The van der Waals surface area contributed by atoms with Crippen LogP contribution in [0.4, 0.5) is 0 Å². The van der Waals surface area contributed by atoms with E-state index in [1.54, 1.807) is 0 Å². The molecule has 0 fully saturated rings. The molecule has 1 atom stereocenters. The van der Waals surface area contributed by atoms with E-state index in [0.29, 0.717) is 0 Å². The second kappa shape index (κ2) is 8.75. The predicted molar refractivity (Wildman–Crippen MR) is 95.5 cm³/mol. The largest absolute Gasteiger partial charge is 0.481 e. The molecule has 7 heteroatoms. The number of benzene rings is 2. The molecule has 0 saturated heterocycles. The number of Topliss-reactive ketones (excluding diaryl/α,β-unsaturated/α-hetero) is 1. The first-order valence-electron chi connectivity index (χ1n) is 8.12. The fraction of sp³-hybridized carbons (Fsp3) is 0.263. The number of hydrogen-bond donors (Lipinski definition) is 3. The standard InChI is InChI=1S/C19H20N2O5/c1-20-19(26)16(22)11-21-18(25)15(10-17(23)24)9-12-6-7-13-4-2-3-5-14(13)8-12/h2-8,15H,9-11H2,1H3,(H,20,26)(H,21,25)(H,23,24). The van der Waals surface area contributed by atoms with Crippen LogP contribution in [0.2, 0.25) is 0 Å². The maximum Gasteiger partial charge on any atom is 0.304 e. The van der Waals surface area contributed by atoms with Gasteiger partial charge in [-0.25, -0.2) is 0 Å². The number of rotatable bonds is 8. The molecular formula is C19H20N2O5. The molecule has 2 aromatic carbocycles. The van der Waals surface area contributed by atoms with Gasteiger partial charge in [0.15, 0.2) is 0 Å². The molecule has 0 saturated carbocycles. The van der Waals surface area contributed by atoms with Gasteiger partial charge in [0, 0.05) is 7.05 Å². The average Bonchev–Trinajstić information content (AvgIpc) is 2.64. The Hall–Kier alpha value is -3.22. The van der Waals surface area contributed by atoms with E-state index < -0.39 is 36.0 Å². The normalized spacial score (nSPS) is 11.6. The summed E-state index contributed by atoms with van der Waals surface area (Å²) < 4.78 is 0. The number of amides is 2. The molecule has 2 amide bonds. The van der Waals surface area contributed by atoms with Crippen LogP contribution in [-0.2, 0) is 25.6 Å². The maximum atomic E-state index is 12.3. The van der Waals surface area contributed by atoms with Crippen molar-refractivity contribution in [3.05, 3.63) is 48.0 Å². The third-order valence-corrected chi connectivity index (χ3v) is 3.99. The van der Waals surface area contributed by atoms with E-state index in [9.17, 15) is 19.2 Å². The lowest BCUT2D eigenvalue weighted by Gasteiger charge is -2.15. The van der Waals surface area contributed by atoms with Gasteiger partial charge in [-0.1, -0.05) is 42.5 Å². The maximum absolute atomic E-state index is 12.3. The highest BCUT2D eigenvalue weighted by Crippen LogP contribution is 2.19. The van der Waals surface area contributed by atoms with Gasteiger partial charge in [0.05, 0.1) is 18.9 Å². The molecule has 2 aromatic rings. The summed E-state index contributed by atoms with van der Waals surface area (Å²) in [5, 5.41) is 15.6. The molecule has 0 heterocycles. The summed E-state index contributed by atoms with van der Waals surface area (Å²) in [6, 6.07) is 13.4. The minimum Gasteiger partial charge on any atom is -0.481 e. The van der Waals surface area contributed by atoms with E-state index in [2.05, 4.69) is 10.6 Å². The van der Waals surface area contributed by atoms with Gasteiger partial charge < -0.3 is 15.7 Å². The summed E-state index contributed by atoms with van der Waals surface area (Å²) in [5.74, 6) is -4.12. The molecule has 0 radical (unpaired) electrons. The van der Waals surface area contributed by atoms with Crippen molar-refractivity contribution in [2.24, 2.45) is 5.92 Å². The molecule has 26 heavy (non-hydrogen) atoms. The second-order valence-electron chi connectivity index (χ2n) is 5.90. The summed E-state index contributed by atoms with van der Waals surface area (Å²) in [6.07, 6.45) is -0.149. The zero-order valence-corrected chi connectivity index (χ0v) is 14.3. The third kappa shape index (κ3) is 5.14. The van der Waals surface area contributed by atoms with Gasteiger partial charge in [0.1, 0.15) is 0 Å². The first-order chi connectivity index (χ1) is 12.4. The zero-order chi connectivity index (χ0) is 19.1. The van der Waals surface area contributed by atoms with Crippen molar-refractivity contribution in [3.63, 3.8) is 0 Å². The van der Waals surface area contributed by atoms with Gasteiger partial charge >= 0.3 is 5.97 Å². The first-order valence-corrected chi connectivity index (χ1v) is 8.12. The minimum atomic E-state index is -1.11. The van der Waals surface area contributed by atoms with Crippen molar-refractivity contribution in [1.82, 2.24) is 10.6 Å². The molecule has 0 aliphatic carbocycles. The lowest BCUT2D eigenvalue weighted by Crippen LogP contribution is -2.41. The Labute approximate surface area is 150 Å². The number of hydrogen-bond acceptors (Lipinski definition) is 4. The van der Waals surface area contributed by atoms with Crippen LogP contribution in [0.5, 0.6) is 0 Å². The summed E-state index contributed by atoms with van der Waals surface area (Å²) in [5.41, 5.74) is 0.822. The predicted octanol–water partition coefficient (Wildman–Crippen LogP) is 0.905. The number of likely N-dealkylation sites (N-methyl/N-ethyl adjacent to an activating group) is 1. The molecule has 7 nitrogen and oxygen atoms in total. The molecule has 0 bridgehead atoms. The molecule has 2 rings (SSSR count). The number of carboxylic acid groups (broad SMARTS) is 1. The van der Waals surface area contributed by atoms with Crippen LogP contribution < -0.4 is 10.6 Å². The molecule has 3 N–H and O–H groups in total. The SMILES string of the molecule is CNC(=O)C(=O)CNC(=O)C(CC(=O)O)Cc1ccc2ccccc2c1. The van der Waals surface area contributed by atoms with Crippen molar-refractivity contribution < 1.29 is 24.3 Å². The van der Waals surface area contributed by atoms with Crippen molar-refractivity contribution >= 4 is 34.3 Å². The second-order valence-corrected chi connectivity index (χ2v) is 5.90. The number of carbonyl (C=O) groups excluding carboxylic acids is 3. The van der Waals surface area contributed by atoms with Crippen LogP contribution in [0.1, 0.15) is 12.0 Å². The number of ketones is 1. The molecule has 136 valence electrons. The van der Waals surface area contributed by atoms with E-state index in [4.69, 9.17) is 5.11 Å². The Balaban J connectivity index is 2.10. The highest BCUT2D eigenvalue weighted by molar-refractivity contribution is 6.37. The smallest absolute Gasteiger partial charge is 0.304 e. The van der Waals surface area contributed by atoms with Gasteiger partial charge in [-0.15, -0.1) is 0 Å². The van der Waals surface area contributed by atoms with Gasteiger partial charge in [0.25, 0.3) is 5.91 Å². The topological polar surface area (TPSA) is 113 Å². The van der Waals surface area contributed by atoms with E-state index >= 15 is 0 Å². The fourth-order valence-corrected chi connectivity index (χ4v) is 2.65. The number of carbonyl (C=O) groups is 4. The van der Waals surface area contributed by atoms with Crippen molar-refractivity contribution in [1.29, 1.82) is 0 Å². The molecule has 0 aromatic heterocycles. The number of carboxylic acids is 1. The fourth-order valence-electron chi connectivity index (χ4n) is 2.65. The Morgan fingerprint density at radius 1 is 1.04 bits per heavy atom. The highest BCUT2D eigenvalue weighted by Gasteiger charge is 2.23. The van der Waals surface area contributed by atoms with Crippen LogP contribution in [0.25, 0.3) is 10.8 Å². The Morgan fingerprint density at radius 3 is 2.38 bits per heavy atom. The minimum absolute atomic E-state index is 0.219. The lowest BCUT2D eigenvalue weighted by molar-refractivity contribution is -0.141. The van der Waals surface area contributed by atoms with Gasteiger partial charge in [-0.2, -0.15) is 0 Å². The van der Waals surface area contributed by atoms with Crippen LogP contribution in [0.3, 0.4) is 0 Å². The summed E-state index contributed by atoms with van der Waals surface area (Å²) >= 11 is 0. The third-order valence-electron chi connectivity index (χ3n) is 3.99. The molecule has 0 spiro atoms. The van der Waals surface area contributed by atoms with Crippen molar-refractivity contribution in [3.8, 4) is 0 Å².